The number of aromatic nitrogens is 3. The van der Waals surface area contributed by atoms with Gasteiger partial charge in [0.05, 0.1) is 18.8 Å². The minimum absolute atomic E-state index is 0.0343. The molecule has 6 nitrogen and oxygen atoms in total. The number of nitrogens with one attached hydrogen (secondary N) is 1. The van der Waals surface area contributed by atoms with Gasteiger partial charge in [0.15, 0.2) is 5.82 Å². The van der Waals surface area contributed by atoms with Gasteiger partial charge in [0.25, 0.3) is 0 Å². The maximum Gasteiger partial charge on any atom is 0.164 e. The summed E-state index contributed by atoms with van der Waals surface area (Å²) in [5.41, 5.74) is -0.0343. The Labute approximate surface area is 107 Å². The van der Waals surface area contributed by atoms with E-state index in [2.05, 4.69) is 15.4 Å². The van der Waals surface area contributed by atoms with Crippen LogP contribution in [0.25, 0.3) is 0 Å². The molecule has 3 heterocycles. The molecule has 2 fully saturated rings. The molecule has 0 radical (unpaired) electrons. The van der Waals surface area contributed by atoms with Crippen molar-refractivity contribution in [2.75, 3.05) is 19.8 Å². The van der Waals surface area contributed by atoms with E-state index in [0.717, 1.165) is 51.5 Å². The number of hydrogen-bond acceptors (Lipinski definition) is 5. The molecule has 0 aliphatic carbocycles. The van der Waals surface area contributed by atoms with Crippen LogP contribution in [0.2, 0.25) is 0 Å². The first-order chi connectivity index (χ1) is 8.76. The summed E-state index contributed by atoms with van der Waals surface area (Å²) in [7, 11) is 1.88. The highest BCUT2D eigenvalue weighted by molar-refractivity contribution is 4.93. The molecular formula is C12H20N4O2. The zero-order valence-corrected chi connectivity index (χ0v) is 10.8. The van der Waals surface area contributed by atoms with Crippen LogP contribution >= 0.6 is 0 Å². The first kappa shape index (κ1) is 12.1. The number of ether oxygens (including phenoxy) is 2. The zero-order valence-electron chi connectivity index (χ0n) is 10.8. The Morgan fingerprint density at radius 2 is 2.50 bits per heavy atom. The molecule has 6 heteroatoms. The quantitative estimate of drug-likeness (QED) is 0.835. The third kappa shape index (κ3) is 2.55. The molecule has 1 aromatic heterocycles. The summed E-state index contributed by atoms with van der Waals surface area (Å²) in [6, 6.07) is 0.476. The normalized spacial score (nSPS) is 32.2. The summed E-state index contributed by atoms with van der Waals surface area (Å²) in [5, 5.41) is 7.80. The molecule has 0 bridgehead atoms. The predicted molar refractivity (Wildman–Crippen MR) is 65.0 cm³/mol. The van der Waals surface area contributed by atoms with Crippen molar-refractivity contribution in [3.8, 4) is 0 Å². The second kappa shape index (κ2) is 4.95. The molecule has 2 saturated heterocycles. The number of nitrogens with zero attached hydrogens (tertiary/aromatic N) is 3. The summed E-state index contributed by atoms with van der Waals surface area (Å²) in [6.07, 6.45) is 4.83. The van der Waals surface area contributed by atoms with Crippen molar-refractivity contribution in [3.63, 3.8) is 0 Å². The SMILES string of the molecule is Cn1cnc(CNC2CCOC3(CCOC3)C2)n1. The average Bonchev–Trinajstić information content (AvgIpc) is 2.97. The van der Waals surface area contributed by atoms with E-state index in [0.29, 0.717) is 6.04 Å². The van der Waals surface area contributed by atoms with Crippen LogP contribution < -0.4 is 5.32 Å². The number of hydrogen-bond donors (Lipinski definition) is 1. The third-order valence-corrected chi connectivity index (χ3v) is 3.76. The van der Waals surface area contributed by atoms with Crippen LogP contribution in [-0.4, -0.2) is 46.2 Å². The van der Waals surface area contributed by atoms with E-state index in [1.807, 2.05) is 7.05 Å². The molecule has 2 atom stereocenters. The monoisotopic (exact) mass is 252 g/mol. The fraction of sp³-hybridized carbons (Fsp3) is 0.833. The van der Waals surface area contributed by atoms with Gasteiger partial charge in [-0.25, -0.2) is 4.98 Å². The largest absolute Gasteiger partial charge is 0.378 e. The number of aryl methyl sites for hydroxylation is 1. The molecule has 1 N–H and O–H groups in total. The third-order valence-electron chi connectivity index (χ3n) is 3.76. The fourth-order valence-electron chi connectivity index (χ4n) is 2.77. The fourth-order valence-corrected chi connectivity index (χ4v) is 2.77. The van der Waals surface area contributed by atoms with Crippen molar-refractivity contribution in [1.29, 1.82) is 0 Å². The molecule has 1 aromatic rings. The first-order valence-corrected chi connectivity index (χ1v) is 6.55. The van der Waals surface area contributed by atoms with Gasteiger partial charge in [-0.15, -0.1) is 0 Å². The highest BCUT2D eigenvalue weighted by atomic mass is 16.6. The van der Waals surface area contributed by atoms with Crippen LogP contribution in [0.15, 0.2) is 6.33 Å². The van der Waals surface area contributed by atoms with Crippen LogP contribution in [0.4, 0.5) is 0 Å². The lowest BCUT2D eigenvalue weighted by Crippen LogP contribution is -2.47. The Kier molecular flexibility index (Phi) is 3.32. The second-order valence-electron chi connectivity index (χ2n) is 5.24. The van der Waals surface area contributed by atoms with Gasteiger partial charge in [-0.05, 0) is 12.8 Å². The predicted octanol–water partition coefficient (Wildman–Crippen LogP) is 0.243. The average molecular weight is 252 g/mol. The van der Waals surface area contributed by atoms with Gasteiger partial charge in [0.1, 0.15) is 6.33 Å². The van der Waals surface area contributed by atoms with Crippen LogP contribution in [0.3, 0.4) is 0 Å². The molecular weight excluding hydrogens is 232 g/mol. The smallest absolute Gasteiger partial charge is 0.164 e. The summed E-state index contributed by atoms with van der Waals surface area (Å²) in [5.74, 6) is 0.848. The molecule has 2 aliphatic heterocycles. The Morgan fingerprint density at radius 1 is 1.56 bits per heavy atom. The molecule has 2 aliphatic rings. The van der Waals surface area contributed by atoms with E-state index < -0.39 is 0 Å². The van der Waals surface area contributed by atoms with Crippen LogP contribution in [0.5, 0.6) is 0 Å². The van der Waals surface area contributed by atoms with Crippen molar-refractivity contribution in [3.05, 3.63) is 12.2 Å². The minimum Gasteiger partial charge on any atom is -0.378 e. The van der Waals surface area contributed by atoms with Gasteiger partial charge < -0.3 is 14.8 Å². The highest BCUT2D eigenvalue weighted by Crippen LogP contribution is 2.32. The van der Waals surface area contributed by atoms with E-state index in [-0.39, 0.29) is 5.60 Å². The standard InChI is InChI=1S/C12H20N4O2/c1-16-9-14-11(15-16)7-13-10-2-4-18-12(6-10)3-5-17-8-12/h9-10,13H,2-8H2,1H3. The van der Waals surface area contributed by atoms with E-state index in [9.17, 15) is 0 Å². The van der Waals surface area contributed by atoms with Crippen LogP contribution in [-0.2, 0) is 23.1 Å². The molecule has 3 rings (SSSR count). The minimum atomic E-state index is -0.0343. The molecule has 0 amide bonds. The van der Waals surface area contributed by atoms with E-state index >= 15 is 0 Å². The maximum absolute atomic E-state index is 5.91. The molecule has 18 heavy (non-hydrogen) atoms. The lowest BCUT2D eigenvalue weighted by molar-refractivity contribution is -0.0895. The number of rotatable bonds is 3. The molecule has 0 aromatic carbocycles. The lowest BCUT2D eigenvalue weighted by Gasteiger charge is -2.37. The Morgan fingerprint density at radius 3 is 3.22 bits per heavy atom. The van der Waals surface area contributed by atoms with Gasteiger partial charge in [0, 0.05) is 32.7 Å². The summed E-state index contributed by atoms with van der Waals surface area (Å²) < 4.78 is 13.1. The van der Waals surface area contributed by atoms with E-state index in [1.165, 1.54) is 0 Å². The summed E-state index contributed by atoms with van der Waals surface area (Å²) >= 11 is 0. The second-order valence-corrected chi connectivity index (χ2v) is 5.24. The Bertz CT molecular complexity index is 401. The Balaban J connectivity index is 1.53. The van der Waals surface area contributed by atoms with Crippen LogP contribution in [0.1, 0.15) is 25.1 Å². The van der Waals surface area contributed by atoms with Crippen molar-refractivity contribution in [2.45, 2.75) is 37.5 Å². The van der Waals surface area contributed by atoms with Gasteiger partial charge in [-0.1, -0.05) is 0 Å². The topological polar surface area (TPSA) is 61.2 Å². The Hall–Kier alpha value is -0.980. The summed E-state index contributed by atoms with van der Waals surface area (Å²) in [4.78, 5) is 4.22. The molecule has 2 unspecified atom stereocenters. The van der Waals surface area contributed by atoms with Gasteiger partial charge >= 0.3 is 0 Å². The van der Waals surface area contributed by atoms with E-state index in [4.69, 9.17) is 9.47 Å². The van der Waals surface area contributed by atoms with Gasteiger partial charge in [-0.2, -0.15) is 5.10 Å². The summed E-state index contributed by atoms with van der Waals surface area (Å²) in [6.45, 7) is 3.11. The van der Waals surface area contributed by atoms with Crippen molar-refractivity contribution in [2.24, 2.45) is 7.05 Å². The van der Waals surface area contributed by atoms with Crippen LogP contribution in [0, 0.1) is 0 Å². The van der Waals surface area contributed by atoms with Crippen molar-refractivity contribution >= 4 is 0 Å². The van der Waals surface area contributed by atoms with Crippen molar-refractivity contribution in [1.82, 2.24) is 20.1 Å². The highest BCUT2D eigenvalue weighted by Gasteiger charge is 2.40. The zero-order chi connectivity index (χ0) is 12.4. The van der Waals surface area contributed by atoms with Gasteiger partial charge in [0.2, 0.25) is 0 Å². The van der Waals surface area contributed by atoms with Gasteiger partial charge in [-0.3, -0.25) is 4.68 Å². The molecule has 100 valence electrons. The van der Waals surface area contributed by atoms with E-state index in [1.54, 1.807) is 11.0 Å². The first-order valence-electron chi connectivity index (χ1n) is 6.55. The maximum atomic E-state index is 5.91. The molecule has 1 spiro atoms. The van der Waals surface area contributed by atoms with Crippen molar-refractivity contribution < 1.29 is 9.47 Å². The molecule has 0 saturated carbocycles. The lowest BCUT2D eigenvalue weighted by atomic mass is 9.90.